The van der Waals surface area contributed by atoms with Crippen molar-refractivity contribution in [2.75, 3.05) is 5.73 Å². The highest BCUT2D eigenvalue weighted by Gasteiger charge is 2.12. The van der Waals surface area contributed by atoms with Crippen LogP contribution in [0.2, 0.25) is 0 Å². The Kier molecular flexibility index (Phi) is 4.62. The predicted octanol–water partition coefficient (Wildman–Crippen LogP) is 3.80. The van der Waals surface area contributed by atoms with E-state index in [1.54, 1.807) is 11.3 Å². The standard InChI is InChI=1S/C12H11N3S.2ClH/c1-8-7-15-11(13)10(14-12(15)16-8)9-5-3-2-4-6-9;;/h2-7H,13H2,1H3;2*1H. The number of halogens is 2. The van der Waals surface area contributed by atoms with Crippen molar-refractivity contribution in [3.05, 3.63) is 41.4 Å². The maximum atomic E-state index is 6.09. The molecule has 96 valence electrons. The van der Waals surface area contributed by atoms with Crippen LogP contribution in [0.1, 0.15) is 4.88 Å². The Morgan fingerprint density at radius 3 is 2.44 bits per heavy atom. The monoisotopic (exact) mass is 301 g/mol. The number of imidazole rings is 1. The van der Waals surface area contributed by atoms with Gasteiger partial charge in [0, 0.05) is 16.6 Å². The minimum Gasteiger partial charge on any atom is -0.383 e. The number of aryl methyl sites for hydroxylation is 1. The lowest BCUT2D eigenvalue weighted by molar-refractivity contribution is 1.23. The molecule has 0 saturated carbocycles. The Bertz CT molecular complexity index is 646. The normalized spacial score (nSPS) is 9.83. The number of nitrogen functional groups attached to an aromatic ring is 1. The molecule has 0 spiro atoms. The zero-order valence-electron chi connectivity index (χ0n) is 9.66. The van der Waals surface area contributed by atoms with Crippen LogP contribution in [-0.4, -0.2) is 9.38 Å². The minimum absolute atomic E-state index is 0. The number of nitrogens with two attached hydrogens (primary N) is 1. The van der Waals surface area contributed by atoms with Crippen LogP contribution >= 0.6 is 36.2 Å². The molecule has 3 aromatic rings. The van der Waals surface area contributed by atoms with E-state index in [4.69, 9.17) is 5.73 Å². The van der Waals surface area contributed by atoms with E-state index < -0.39 is 0 Å². The first-order chi connectivity index (χ1) is 7.75. The van der Waals surface area contributed by atoms with Crippen LogP contribution in [0.5, 0.6) is 0 Å². The molecule has 6 heteroatoms. The van der Waals surface area contributed by atoms with Gasteiger partial charge < -0.3 is 5.73 Å². The first kappa shape index (κ1) is 14.8. The van der Waals surface area contributed by atoms with Crippen molar-refractivity contribution in [3.8, 4) is 11.3 Å². The Balaban J connectivity index is 0.000000810. The van der Waals surface area contributed by atoms with Crippen LogP contribution in [0.3, 0.4) is 0 Å². The van der Waals surface area contributed by atoms with Gasteiger partial charge in [-0.2, -0.15) is 0 Å². The highest BCUT2D eigenvalue weighted by molar-refractivity contribution is 7.17. The Hall–Kier alpha value is -1.23. The molecule has 2 N–H and O–H groups in total. The highest BCUT2D eigenvalue weighted by Crippen LogP contribution is 2.29. The van der Waals surface area contributed by atoms with Crippen LogP contribution in [0.25, 0.3) is 16.2 Å². The van der Waals surface area contributed by atoms with Crippen LogP contribution in [0, 0.1) is 6.92 Å². The Labute approximate surface area is 121 Å². The number of benzene rings is 1. The third-order valence-corrected chi connectivity index (χ3v) is 3.42. The summed E-state index contributed by atoms with van der Waals surface area (Å²) in [7, 11) is 0. The topological polar surface area (TPSA) is 43.3 Å². The van der Waals surface area contributed by atoms with Gasteiger partial charge in [-0.15, -0.1) is 36.2 Å². The van der Waals surface area contributed by atoms with Crippen molar-refractivity contribution < 1.29 is 0 Å². The molecule has 3 rings (SSSR count). The molecule has 2 heterocycles. The predicted molar refractivity (Wildman–Crippen MR) is 82.2 cm³/mol. The summed E-state index contributed by atoms with van der Waals surface area (Å²) in [5, 5.41) is 0. The molecule has 0 unspecified atom stereocenters. The molecule has 0 aliphatic heterocycles. The van der Waals surface area contributed by atoms with Gasteiger partial charge in [-0.1, -0.05) is 30.3 Å². The summed E-state index contributed by atoms with van der Waals surface area (Å²) >= 11 is 1.65. The van der Waals surface area contributed by atoms with E-state index in [0.717, 1.165) is 16.2 Å². The number of fused-ring (bicyclic) bond motifs is 1. The second-order valence-electron chi connectivity index (χ2n) is 3.71. The highest BCUT2D eigenvalue weighted by atomic mass is 35.5. The van der Waals surface area contributed by atoms with Crippen LogP contribution in [0.4, 0.5) is 5.82 Å². The number of anilines is 1. The quantitative estimate of drug-likeness (QED) is 0.743. The van der Waals surface area contributed by atoms with Gasteiger partial charge in [0.1, 0.15) is 11.5 Å². The van der Waals surface area contributed by atoms with Crippen molar-refractivity contribution in [1.29, 1.82) is 0 Å². The van der Waals surface area contributed by atoms with Gasteiger partial charge in [-0.25, -0.2) is 4.98 Å². The van der Waals surface area contributed by atoms with Gasteiger partial charge in [0.25, 0.3) is 0 Å². The maximum Gasteiger partial charge on any atom is 0.196 e. The SMILES string of the molecule is Cc1cn2c(N)c(-c3ccccc3)nc2s1.Cl.Cl. The third kappa shape index (κ3) is 2.32. The maximum absolute atomic E-state index is 6.09. The number of hydrogen-bond donors (Lipinski definition) is 1. The second-order valence-corrected chi connectivity index (χ2v) is 4.92. The van der Waals surface area contributed by atoms with E-state index in [-0.39, 0.29) is 24.8 Å². The van der Waals surface area contributed by atoms with E-state index in [2.05, 4.69) is 11.9 Å². The van der Waals surface area contributed by atoms with Crippen LogP contribution in [0.15, 0.2) is 36.5 Å². The molecule has 0 aliphatic rings. The second kappa shape index (κ2) is 5.61. The van der Waals surface area contributed by atoms with E-state index in [1.807, 2.05) is 40.9 Å². The summed E-state index contributed by atoms with van der Waals surface area (Å²) in [4.78, 5) is 6.73. The van der Waals surface area contributed by atoms with Crippen molar-refractivity contribution in [3.63, 3.8) is 0 Å². The van der Waals surface area contributed by atoms with Gasteiger partial charge in [-0.3, -0.25) is 4.40 Å². The molecule has 1 aromatic carbocycles. The summed E-state index contributed by atoms with van der Waals surface area (Å²) in [6, 6.07) is 10.0. The van der Waals surface area contributed by atoms with Crippen molar-refractivity contribution in [1.82, 2.24) is 9.38 Å². The molecule has 0 aliphatic carbocycles. The molecule has 0 bridgehead atoms. The lowest BCUT2D eigenvalue weighted by Crippen LogP contribution is -1.92. The Morgan fingerprint density at radius 1 is 1.17 bits per heavy atom. The van der Waals surface area contributed by atoms with E-state index in [0.29, 0.717) is 5.82 Å². The zero-order chi connectivity index (χ0) is 11.1. The summed E-state index contributed by atoms with van der Waals surface area (Å²) in [5.74, 6) is 0.713. The fourth-order valence-electron chi connectivity index (χ4n) is 1.78. The smallest absolute Gasteiger partial charge is 0.196 e. The van der Waals surface area contributed by atoms with Crippen LogP contribution in [-0.2, 0) is 0 Å². The van der Waals surface area contributed by atoms with E-state index >= 15 is 0 Å². The molecule has 2 aromatic heterocycles. The third-order valence-electron chi connectivity index (χ3n) is 2.53. The van der Waals surface area contributed by atoms with Gasteiger partial charge in [0.15, 0.2) is 4.96 Å². The first-order valence-electron chi connectivity index (χ1n) is 5.05. The van der Waals surface area contributed by atoms with E-state index in [1.165, 1.54) is 4.88 Å². The molecule has 0 fully saturated rings. The first-order valence-corrected chi connectivity index (χ1v) is 5.87. The molecule has 3 nitrogen and oxygen atoms in total. The number of nitrogens with zero attached hydrogens (tertiary/aromatic N) is 2. The average molecular weight is 302 g/mol. The molecule has 0 atom stereocenters. The number of aromatic nitrogens is 2. The summed E-state index contributed by atoms with van der Waals surface area (Å²) in [6.45, 7) is 2.06. The van der Waals surface area contributed by atoms with E-state index in [9.17, 15) is 0 Å². The van der Waals surface area contributed by atoms with Gasteiger partial charge >= 0.3 is 0 Å². The molecule has 18 heavy (non-hydrogen) atoms. The van der Waals surface area contributed by atoms with Gasteiger partial charge in [0.05, 0.1) is 0 Å². The Morgan fingerprint density at radius 2 is 1.83 bits per heavy atom. The minimum atomic E-state index is 0. The van der Waals surface area contributed by atoms with Crippen molar-refractivity contribution >= 4 is 46.9 Å². The number of hydrogen-bond acceptors (Lipinski definition) is 3. The fourth-order valence-corrected chi connectivity index (χ4v) is 2.61. The molecular weight excluding hydrogens is 289 g/mol. The molecule has 0 amide bonds. The van der Waals surface area contributed by atoms with Gasteiger partial charge in [-0.05, 0) is 6.92 Å². The van der Waals surface area contributed by atoms with Crippen molar-refractivity contribution in [2.24, 2.45) is 0 Å². The largest absolute Gasteiger partial charge is 0.383 e. The lowest BCUT2D eigenvalue weighted by Gasteiger charge is -1.97. The van der Waals surface area contributed by atoms with Gasteiger partial charge in [0.2, 0.25) is 0 Å². The fraction of sp³-hybridized carbons (Fsp3) is 0.0833. The summed E-state index contributed by atoms with van der Waals surface area (Å²) < 4.78 is 1.95. The molecule has 0 saturated heterocycles. The van der Waals surface area contributed by atoms with Crippen LogP contribution < -0.4 is 5.73 Å². The average Bonchev–Trinajstić information content (AvgIpc) is 2.79. The zero-order valence-corrected chi connectivity index (χ0v) is 12.1. The molecule has 0 radical (unpaired) electrons. The van der Waals surface area contributed by atoms with Crippen molar-refractivity contribution in [2.45, 2.75) is 6.92 Å². The summed E-state index contributed by atoms with van der Waals surface area (Å²) in [6.07, 6.45) is 2.02. The number of rotatable bonds is 1. The summed E-state index contributed by atoms with van der Waals surface area (Å²) in [5.41, 5.74) is 8.02. The lowest BCUT2D eigenvalue weighted by atomic mass is 10.1. The number of thiazole rings is 1. The molecular formula is C12H13Cl2N3S.